The largest absolute Gasteiger partial charge is 0.386 e. The maximum Gasteiger partial charge on any atom is 0.347 e. The summed E-state index contributed by atoms with van der Waals surface area (Å²) in [6, 6.07) is 18.1. The first kappa shape index (κ1) is 17.1. The molecule has 0 saturated heterocycles. The van der Waals surface area contributed by atoms with Gasteiger partial charge < -0.3 is 8.83 Å². The molecule has 150 valence electrons. The molecule has 0 radical (unpaired) electrons. The third kappa shape index (κ3) is 1.90. The summed E-state index contributed by atoms with van der Waals surface area (Å²) in [5, 5.41) is 6.42. The van der Waals surface area contributed by atoms with Crippen molar-refractivity contribution < 1.29 is 8.83 Å². The summed E-state index contributed by atoms with van der Waals surface area (Å²) in [5.41, 5.74) is -2.74. The Morgan fingerprint density at radius 1 is 0.375 bits per heavy atom. The zero-order valence-corrected chi connectivity index (χ0v) is 16.2. The zero-order chi connectivity index (χ0) is 21.7. The van der Waals surface area contributed by atoms with Crippen LogP contribution in [0.3, 0.4) is 0 Å². The highest BCUT2D eigenvalue weighted by Crippen LogP contribution is 2.40. The molecule has 0 saturated carbocycles. The predicted octanol–water partition coefficient (Wildman–Crippen LogP) is 4.11. The first-order chi connectivity index (χ1) is 15.5. The molecule has 0 aliphatic heterocycles. The van der Waals surface area contributed by atoms with Crippen LogP contribution in [0, 0.1) is 0 Å². The van der Waals surface area contributed by atoms with Crippen LogP contribution in [0.5, 0.6) is 0 Å². The second-order valence-electron chi connectivity index (χ2n) is 7.89. The molecule has 0 amide bonds. The molecule has 0 fully saturated rings. The Morgan fingerprint density at radius 3 is 1.47 bits per heavy atom. The Balaban J connectivity index is 1.98. The van der Waals surface area contributed by atoms with E-state index in [-0.39, 0.29) is 21.5 Å². The molecule has 0 atom stereocenters. The molecule has 0 spiro atoms. The summed E-state index contributed by atoms with van der Waals surface area (Å²) < 4.78 is 9.85. The van der Waals surface area contributed by atoms with Gasteiger partial charge in [0.15, 0.2) is 0 Å². The third-order valence-electron chi connectivity index (χ3n) is 6.36. The summed E-state index contributed by atoms with van der Waals surface area (Å²) in [5.74, 6) is 0. The van der Waals surface area contributed by atoms with Gasteiger partial charge in [0.25, 0.3) is 0 Å². The van der Waals surface area contributed by atoms with Gasteiger partial charge in [-0.3, -0.25) is 0 Å². The van der Waals surface area contributed by atoms with Crippen molar-refractivity contribution >= 4 is 64.6 Å². The topological polar surface area (TPSA) is 94.6 Å². The third-order valence-corrected chi connectivity index (χ3v) is 6.36. The highest BCUT2D eigenvalue weighted by Gasteiger charge is 2.21. The number of hydrogen-bond acceptors (Lipinski definition) is 6. The van der Waals surface area contributed by atoms with E-state index < -0.39 is 22.5 Å². The van der Waals surface area contributed by atoms with Crippen molar-refractivity contribution in [3.63, 3.8) is 0 Å². The van der Waals surface area contributed by atoms with Crippen molar-refractivity contribution in [2.75, 3.05) is 0 Å². The molecule has 7 rings (SSSR count). The van der Waals surface area contributed by atoms with Crippen molar-refractivity contribution in [2.45, 2.75) is 0 Å². The minimum absolute atomic E-state index is 0.215. The Bertz CT molecular complexity index is 2160. The molecule has 7 aromatic rings. The summed E-state index contributed by atoms with van der Waals surface area (Å²) in [7, 11) is 0. The molecule has 32 heavy (non-hydrogen) atoms. The molecule has 6 heteroatoms. The fourth-order valence-electron chi connectivity index (χ4n) is 5.09. The van der Waals surface area contributed by atoms with Gasteiger partial charge in [0.1, 0.15) is 0 Å². The standard InChI is InChI=1S/C26H10O6/c27-23-16-10-8-12-6-5-11-7-9-15-19(17(11)18(12)22(16)26(30)31-23)13-3-1-2-4-14(13)20-21(15)25(29)32-24(20)28/h1-10H. The lowest BCUT2D eigenvalue weighted by atomic mass is 9.89. The Morgan fingerprint density at radius 2 is 0.812 bits per heavy atom. The van der Waals surface area contributed by atoms with E-state index in [9.17, 15) is 19.2 Å². The normalized spacial score (nSPS) is 12.2. The average molecular weight is 418 g/mol. The first-order valence-electron chi connectivity index (χ1n) is 9.94. The number of furan rings is 2. The molecule has 0 unspecified atom stereocenters. The van der Waals surface area contributed by atoms with Gasteiger partial charge in [-0.25, -0.2) is 19.2 Å². The maximum atomic E-state index is 12.7. The van der Waals surface area contributed by atoms with Crippen LogP contribution in [-0.4, -0.2) is 0 Å². The highest BCUT2D eigenvalue weighted by atomic mass is 16.4. The van der Waals surface area contributed by atoms with Crippen molar-refractivity contribution in [3.05, 3.63) is 102 Å². The van der Waals surface area contributed by atoms with E-state index in [1.807, 2.05) is 30.3 Å². The lowest BCUT2D eigenvalue weighted by Crippen LogP contribution is -1.96. The van der Waals surface area contributed by atoms with Crippen molar-refractivity contribution in [2.24, 2.45) is 0 Å². The number of benzene rings is 5. The van der Waals surface area contributed by atoms with E-state index in [0.717, 1.165) is 26.9 Å². The van der Waals surface area contributed by atoms with Gasteiger partial charge in [0, 0.05) is 5.39 Å². The lowest BCUT2D eigenvalue weighted by molar-refractivity contribution is 0.500. The maximum absolute atomic E-state index is 12.7. The Labute approximate surface area is 176 Å². The summed E-state index contributed by atoms with van der Waals surface area (Å²) in [6.07, 6.45) is 0. The number of rotatable bonds is 0. The number of fused-ring (bicyclic) bond motifs is 12. The minimum atomic E-state index is -0.694. The van der Waals surface area contributed by atoms with Gasteiger partial charge in [-0.15, -0.1) is 0 Å². The molecule has 0 N–H and O–H groups in total. The van der Waals surface area contributed by atoms with Crippen LogP contribution in [0.1, 0.15) is 0 Å². The van der Waals surface area contributed by atoms with E-state index in [0.29, 0.717) is 16.2 Å². The molecule has 5 aromatic carbocycles. The van der Waals surface area contributed by atoms with Crippen molar-refractivity contribution in [1.29, 1.82) is 0 Å². The molecular formula is C26H10O6. The molecule has 0 aliphatic rings. The van der Waals surface area contributed by atoms with Crippen molar-refractivity contribution in [1.82, 2.24) is 0 Å². The second-order valence-corrected chi connectivity index (χ2v) is 7.89. The van der Waals surface area contributed by atoms with E-state index in [1.165, 1.54) is 0 Å². The highest BCUT2D eigenvalue weighted by molar-refractivity contribution is 6.37. The lowest BCUT2D eigenvalue weighted by Gasteiger charge is -2.12. The van der Waals surface area contributed by atoms with E-state index >= 15 is 0 Å². The molecule has 2 heterocycles. The number of hydrogen-bond donors (Lipinski definition) is 0. The van der Waals surface area contributed by atoms with Gasteiger partial charge in [0.05, 0.1) is 21.5 Å². The van der Waals surface area contributed by atoms with Crippen LogP contribution >= 0.6 is 0 Å². The van der Waals surface area contributed by atoms with Crippen LogP contribution in [-0.2, 0) is 0 Å². The van der Waals surface area contributed by atoms with Crippen LogP contribution in [0.4, 0.5) is 0 Å². The van der Waals surface area contributed by atoms with Gasteiger partial charge in [-0.1, -0.05) is 54.6 Å². The zero-order valence-electron chi connectivity index (χ0n) is 16.2. The monoisotopic (exact) mass is 418 g/mol. The fourth-order valence-corrected chi connectivity index (χ4v) is 5.09. The molecular weight excluding hydrogens is 408 g/mol. The fraction of sp³-hybridized carbons (Fsp3) is 0. The van der Waals surface area contributed by atoms with Gasteiger partial charge >= 0.3 is 22.5 Å². The average Bonchev–Trinajstić information content (AvgIpc) is 3.27. The minimum Gasteiger partial charge on any atom is -0.386 e. The van der Waals surface area contributed by atoms with Gasteiger partial charge in [-0.05, 0) is 43.8 Å². The Hall–Kier alpha value is -4.58. The predicted molar refractivity (Wildman–Crippen MR) is 123 cm³/mol. The van der Waals surface area contributed by atoms with E-state index in [1.54, 1.807) is 30.3 Å². The van der Waals surface area contributed by atoms with Crippen LogP contribution in [0.2, 0.25) is 0 Å². The molecule has 6 nitrogen and oxygen atoms in total. The van der Waals surface area contributed by atoms with Crippen LogP contribution < -0.4 is 22.5 Å². The SMILES string of the molecule is O=c1oc(=O)c2c1ccc1ccc3ccc4c5c(=O)oc(=O)c5c5ccccc5c4c3c12. The summed E-state index contributed by atoms with van der Waals surface area (Å²) >= 11 is 0. The second kappa shape index (κ2) is 5.56. The first-order valence-corrected chi connectivity index (χ1v) is 9.94. The van der Waals surface area contributed by atoms with E-state index in [4.69, 9.17) is 8.83 Å². The Kier molecular flexibility index (Phi) is 2.98. The van der Waals surface area contributed by atoms with Crippen LogP contribution in [0.15, 0.2) is 88.7 Å². The molecule has 2 aromatic heterocycles. The smallest absolute Gasteiger partial charge is 0.347 e. The molecule has 0 bridgehead atoms. The summed E-state index contributed by atoms with van der Waals surface area (Å²) in [4.78, 5) is 50.0. The molecule has 0 aliphatic carbocycles. The van der Waals surface area contributed by atoms with Gasteiger partial charge in [-0.2, -0.15) is 0 Å². The van der Waals surface area contributed by atoms with Crippen LogP contribution in [0.25, 0.3) is 64.6 Å². The van der Waals surface area contributed by atoms with Gasteiger partial charge in [0.2, 0.25) is 0 Å². The quantitative estimate of drug-likeness (QED) is 0.344. The van der Waals surface area contributed by atoms with E-state index in [2.05, 4.69) is 0 Å². The summed E-state index contributed by atoms with van der Waals surface area (Å²) in [6.45, 7) is 0. The van der Waals surface area contributed by atoms with Crippen molar-refractivity contribution in [3.8, 4) is 0 Å².